The first-order valence-electron chi connectivity index (χ1n) is 8.74. The smallest absolute Gasteiger partial charge is 0.241 e. The van der Waals surface area contributed by atoms with Crippen molar-refractivity contribution >= 4 is 18.3 Å². The van der Waals surface area contributed by atoms with Crippen LogP contribution in [0.2, 0.25) is 0 Å². The summed E-state index contributed by atoms with van der Waals surface area (Å²) in [6, 6.07) is -0.324. The van der Waals surface area contributed by atoms with E-state index in [1.165, 1.54) is 25.7 Å². The molecule has 1 unspecified atom stereocenters. The number of aromatic nitrogens is 2. The van der Waals surface area contributed by atoms with Crippen LogP contribution in [0.4, 0.5) is 0 Å². The Morgan fingerprint density at radius 3 is 2.42 bits per heavy atom. The van der Waals surface area contributed by atoms with Crippen LogP contribution in [-0.4, -0.2) is 29.3 Å². The Morgan fingerprint density at radius 2 is 1.96 bits per heavy atom. The highest BCUT2D eigenvalue weighted by molar-refractivity contribution is 5.85. The standard InChI is InChI=1S/C18H32N4O.ClH/c1-18(2,3)15-8-6-13(7-9-15)10-20-17(23)16(19-4)14-11-21-22(5)12-14;/h11-13,15-16,19H,6-10H2,1-5H3,(H,20,23);1H. The van der Waals surface area contributed by atoms with Crippen molar-refractivity contribution in [3.8, 4) is 0 Å². The van der Waals surface area contributed by atoms with Gasteiger partial charge in [-0.3, -0.25) is 9.48 Å². The highest BCUT2D eigenvalue weighted by atomic mass is 35.5. The fourth-order valence-electron chi connectivity index (χ4n) is 3.62. The van der Waals surface area contributed by atoms with E-state index in [4.69, 9.17) is 0 Å². The van der Waals surface area contributed by atoms with Gasteiger partial charge in [0.15, 0.2) is 0 Å². The fraction of sp³-hybridized carbons (Fsp3) is 0.778. The molecule has 0 saturated heterocycles. The molecule has 1 fully saturated rings. The number of carbonyl (C=O) groups excluding carboxylic acids is 1. The lowest BCUT2D eigenvalue weighted by Crippen LogP contribution is -2.39. The maximum Gasteiger partial charge on any atom is 0.241 e. The van der Waals surface area contributed by atoms with Gasteiger partial charge in [0.05, 0.1) is 6.20 Å². The zero-order valence-corrected chi connectivity index (χ0v) is 16.4. The van der Waals surface area contributed by atoms with Crippen LogP contribution in [0.15, 0.2) is 12.4 Å². The molecule has 0 aromatic carbocycles. The van der Waals surface area contributed by atoms with Crippen molar-refractivity contribution in [2.45, 2.75) is 52.5 Å². The molecule has 1 saturated carbocycles. The number of carbonyl (C=O) groups is 1. The molecular weight excluding hydrogens is 324 g/mol. The highest BCUT2D eigenvalue weighted by Gasteiger charge is 2.30. The average Bonchev–Trinajstić information content (AvgIpc) is 2.91. The summed E-state index contributed by atoms with van der Waals surface area (Å²) < 4.78 is 1.72. The number of aryl methyl sites for hydroxylation is 1. The van der Waals surface area contributed by atoms with E-state index in [-0.39, 0.29) is 24.4 Å². The number of hydrogen-bond acceptors (Lipinski definition) is 3. The number of hydrogen-bond donors (Lipinski definition) is 2. The third kappa shape index (κ3) is 5.49. The molecule has 1 aromatic heterocycles. The van der Waals surface area contributed by atoms with Crippen LogP contribution in [0.3, 0.4) is 0 Å². The first kappa shape index (κ1) is 21.0. The molecule has 2 N–H and O–H groups in total. The minimum atomic E-state index is -0.324. The van der Waals surface area contributed by atoms with Crippen molar-refractivity contribution in [1.82, 2.24) is 20.4 Å². The molecule has 1 atom stereocenters. The lowest BCUT2D eigenvalue weighted by atomic mass is 9.70. The second-order valence-electron chi connectivity index (χ2n) is 8.00. The SMILES string of the molecule is CNC(C(=O)NCC1CCC(C(C)(C)C)CC1)c1cnn(C)c1.Cl. The summed E-state index contributed by atoms with van der Waals surface area (Å²) in [5, 5.41) is 10.4. The molecule has 1 amide bonds. The van der Waals surface area contributed by atoms with Crippen LogP contribution in [0.25, 0.3) is 0 Å². The summed E-state index contributed by atoms with van der Waals surface area (Å²) in [7, 11) is 3.67. The maximum atomic E-state index is 12.4. The normalized spacial score (nSPS) is 22.5. The quantitative estimate of drug-likeness (QED) is 0.852. The van der Waals surface area contributed by atoms with Gasteiger partial charge < -0.3 is 10.6 Å². The minimum Gasteiger partial charge on any atom is -0.354 e. The molecule has 138 valence electrons. The van der Waals surface area contributed by atoms with Crippen molar-refractivity contribution in [2.24, 2.45) is 24.3 Å². The first-order chi connectivity index (χ1) is 10.8. The molecule has 0 spiro atoms. The van der Waals surface area contributed by atoms with Crippen molar-refractivity contribution in [3.05, 3.63) is 18.0 Å². The third-order valence-electron chi connectivity index (χ3n) is 5.25. The molecule has 2 rings (SSSR count). The van der Waals surface area contributed by atoms with E-state index in [1.807, 2.05) is 20.3 Å². The molecule has 1 aromatic rings. The molecule has 1 aliphatic carbocycles. The zero-order valence-electron chi connectivity index (χ0n) is 15.6. The van der Waals surface area contributed by atoms with Crippen LogP contribution in [0.1, 0.15) is 58.1 Å². The van der Waals surface area contributed by atoms with Gasteiger partial charge in [0.2, 0.25) is 5.91 Å². The Morgan fingerprint density at radius 1 is 1.33 bits per heavy atom. The largest absolute Gasteiger partial charge is 0.354 e. The van der Waals surface area contributed by atoms with E-state index < -0.39 is 0 Å². The molecule has 1 aliphatic rings. The molecule has 0 radical (unpaired) electrons. The van der Waals surface area contributed by atoms with Crippen LogP contribution >= 0.6 is 12.4 Å². The first-order valence-corrected chi connectivity index (χ1v) is 8.74. The Labute approximate surface area is 152 Å². The average molecular weight is 357 g/mol. The van der Waals surface area contributed by atoms with E-state index in [0.29, 0.717) is 11.3 Å². The maximum absolute atomic E-state index is 12.4. The summed E-state index contributed by atoms with van der Waals surface area (Å²) in [5.41, 5.74) is 1.31. The number of rotatable bonds is 5. The Bertz CT molecular complexity index is 515. The molecule has 24 heavy (non-hydrogen) atoms. The topological polar surface area (TPSA) is 59.0 Å². The van der Waals surface area contributed by atoms with E-state index in [0.717, 1.165) is 18.0 Å². The predicted molar refractivity (Wildman–Crippen MR) is 100 cm³/mol. The summed E-state index contributed by atoms with van der Waals surface area (Å²) >= 11 is 0. The lowest BCUT2D eigenvalue weighted by molar-refractivity contribution is -0.123. The number of halogens is 1. The van der Waals surface area contributed by atoms with Crippen LogP contribution in [0, 0.1) is 17.3 Å². The van der Waals surface area contributed by atoms with Crippen molar-refractivity contribution in [1.29, 1.82) is 0 Å². The van der Waals surface area contributed by atoms with E-state index >= 15 is 0 Å². The number of nitrogens with zero attached hydrogens (tertiary/aromatic N) is 2. The predicted octanol–water partition coefficient (Wildman–Crippen LogP) is 3.07. The summed E-state index contributed by atoms with van der Waals surface area (Å²) in [6.45, 7) is 7.80. The van der Waals surface area contributed by atoms with Gasteiger partial charge in [-0.25, -0.2) is 0 Å². The molecule has 1 heterocycles. The van der Waals surface area contributed by atoms with Crippen molar-refractivity contribution < 1.29 is 4.79 Å². The van der Waals surface area contributed by atoms with E-state index in [2.05, 4.69) is 36.5 Å². The number of amides is 1. The number of nitrogens with one attached hydrogen (secondary N) is 2. The van der Waals surface area contributed by atoms with Crippen LogP contribution < -0.4 is 10.6 Å². The van der Waals surface area contributed by atoms with Gasteiger partial charge >= 0.3 is 0 Å². The monoisotopic (exact) mass is 356 g/mol. The Balaban J connectivity index is 0.00000288. The van der Waals surface area contributed by atoms with Crippen molar-refractivity contribution in [2.75, 3.05) is 13.6 Å². The van der Waals surface area contributed by atoms with Crippen molar-refractivity contribution in [3.63, 3.8) is 0 Å². The lowest BCUT2D eigenvalue weighted by Gasteiger charge is -2.37. The molecule has 6 heteroatoms. The zero-order chi connectivity index (χ0) is 17.0. The van der Waals surface area contributed by atoms with Crippen LogP contribution in [-0.2, 0) is 11.8 Å². The fourth-order valence-corrected chi connectivity index (χ4v) is 3.62. The second kappa shape index (κ2) is 8.86. The van der Waals surface area contributed by atoms with Gasteiger partial charge in [-0.2, -0.15) is 5.10 Å². The van der Waals surface area contributed by atoms with E-state index in [9.17, 15) is 4.79 Å². The molecule has 5 nitrogen and oxygen atoms in total. The minimum absolute atomic E-state index is 0. The van der Waals surface area contributed by atoms with Gasteiger partial charge in [-0.15, -0.1) is 12.4 Å². The molecule has 0 bridgehead atoms. The van der Waals surface area contributed by atoms with E-state index in [1.54, 1.807) is 10.9 Å². The Kier molecular flexibility index (Phi) is 7.74. The molecular formula is C18H33ClN4O. The highest BCUT2D eigenvalue weighted by Crippen LogP contribution is 2.39. The molecule has 0 aliphatic heterocycles. The number of likely N-dealkylation sites (N-methyl/N-ethyl adjacent to an activating group) is 1. The Hall–Kier alpha value is -1.07. The third-order valence-corrected chi connectivity index (χ3v) is 5.25. The van der Waals surface area contributed by atoms with Gasteiger partial charge in [-0.1, -0.05) is 20.8 Å². The summed E-state index contributed by atoms with van der Waals surface area (Å²) in [4.78, 5) is 12.4. The van der Waals surface area contributed by atoms with Gasteiger partial charge in [0.25, 0.3) is 0 Å². The van der Waals surface area contributed by atoms with Crippen LogP contribution in [0.5, 0.6) is 0 Å². The second-order valence-corrected chi connectivity index (χ2v) is 8.00. The van der Waals surface area contributed by atoms with Gasteiger partial charge in [-0.05, 0) is 50.0 Å². The summed E-state index contributed by atoms with van der Waals surface area (Å²) in [5.74, 6) is 1.47. The van der Waals surface area contributed by atoms with Gasteiger partial charge in [0, 0.05) is 25.4 Å². The van der Waals surface area contributed by atoms with Gasteiger partial charge in [0.1, 0.15) is 6.04 Å². The summed E-state index contributed by atoms with van der Waals surface area (Å²) in [6.07, 6.45) is 8.63.